The van der Waals surface area contributed by atoms with Crippen LogP contribution >= 0.6 is 11.8 Å². The topological polar surface area (TPSA) is 20.2 Å². The second-order valence-corrected chi connectivity index (χ2v) is 4.97. The summed E-state index contributed by atoms with van der Waals surface area (Å²) in [5.74, 6) is 4.47. The smallest absolute Gasteiger partial charge is 0.0431 e. The molecule has 72 valence electrons. The van der Waals surface area contributed by atoms with Gasteiger partial charge in [0.05, 0.1) is 0 Å². The van der Waals surface area contributed by atoms with Crippen molar-refractivity contribution < 1.29 is 5.11 Å². The van der Waals surface area contributed by atoms with Crippen molar-refractivity contribution >= 4 is 11.8 Å². The zero-order chi connectivity index (χ0) is 8.81. The molecule has 2 heteroatoms. The Bertz CT molecular complexity index is 110. The van der Waals surface area contributed by atoms with E-state index < -0.39 is 0 Å². The molecule has 1 fully saturated rings. The Kier molecular flexibility index (Phi) is 5.08. The highest BCUT2D eigenvalue weighted by atomic mass is 32.2. The third kappa shape index (κ3) is 3.36. The van der Waals surface area contributed by atoms with Crippen LogP contribution in [0.1, 0.15) is 32.6 Å². The molecule has 1 nitrogen and oxygen atoms in total. The summed E-state index contributed by atoms with van der Waals surface area (Å²) >= 11 is 2.10. The van der Waals surface area contributed by atoms with Gasteiger partial charge >= 0.3 is 0 Å². The molecule has 0 aromatic carbocycles. The van der Waals surface area contributed by atoms with Gasteiger partial charge in [0.15, 0.2) is 0 Å². The van der Waals surface area contributed by atoms with E-state index in [-0.39, 0.29) is 0 Å². The Hall–Kier alpha value is 0.310. The Morgan fingerprint density at radius 3 is 3.00 bits per heavy atom. The van der Waals surface area contributed by atoms with E-state index >= 15 is 0 Å². The van der Waals surface area contributed by atoms with E-state index in [1.54, 1.807) is 0 Å². The number of aliphatic hydroxyl groups is 1. The van der Waals surface area contributed by atoms with Crippen LogP contribution < -0.4 is 0 Å². The summed E-state index contributed by atoms with van der Waals surface area (Å²) in [6, 6.07) is 0. The van der Waals surface area contributed by atoms with Gasteiger partial charge < -0.3 is 5.11 Å². The number of aliphatic hydroxyl groups excluding tert-OH is 1. The summed E-state index contributed by atoms with van der Waals surface area (Å²) in [4.78, 5) is 0. The number of thioether (sulfide) groups is 1. The largest absolute Gasteiger partial charge is 0.396 e. The summed E-state index contributed by atoms with van der Waals surface area (Å²) in [5.41, 5.74) is 0. The Balaban J connectivity index is 2.15. The van der Waals surface area contributed by atoms with Crippen molar-refractivity contribution in [3.05, 3.63) is 0 Å². The average Bonchev–Trinajstić information content (AvgIpc) is 2.15. The SMILES string of the molecule is CC(CCCO)C1CCCSC1. The highest BCUT2D eigenvalue weighted by molar-refractivity contribution is 7.99. The molecule has 0 amide bonds. The van der Waals surface area contributed by atoms with Crippen molar-refractivity contribution in [1.82, 2.24) is 0 Å². The first-order valence-corrected chi connectivity index (χ1v) is 6.18. The van der Waals surface area contributed by atoms with Crippen molar-refractivity contribution in [1.29, 1.82) is 0 Å². The molecule has 1 rings (SSSR count). The highest BCUT2D eigenvalue weighted by Gasteiger charge is 2.19. The van der Waals surface area contributed by atoms with Crippen LogP contribution in [0.25, 0.3) is 0 Å². The predicted molar refractivity (Wildman–Crippen MR) is 55.5 cm³/mol. The van der Waals surface area contributed by atoms with Gasteiger partial charge in [-0.3, -0.25) is 0 Å². The molecule has 0 aliphatic carbocycles. The van der Waals surface area contributed by atoms with E-state index in [1.165, 1.54) is 30.8 Å². The average molecular weight is 188 g/mol. The second kappa shape index (κ2) is 5.87. The normalized spacial score (nSPS) is 27.0. The third-order valence-corrected chi connectivity index (χ3v) is 4.06. The molecule has 1 N–H and O–H groups in total. The van der Waals surface area contributed by atoms with E-state index in [2.05, 4.69) is 18.7 Å². The lowest BCUT2D eigenvalue weighted by Crippen LogP contribution is -2.18. The molecule has 2 unspecified atom stereocenters. The maximum Gasteiger partial charge on any atom is 0.0431 e. The zero-order valence-corrected chi connectivity index (χ0v) is 8.78. The summed E-state index contributed by atoms with van der Waals surface area (Å²) in [6.07, 6.45) is 5.02. The summed E-state index contributed by atoms with van der Waals surface area (Å²) in [7, 11) is 0. The minimum atomic E-state index is 0.365. The van der Waals surface area contributed by atoms with Crippen molar-refractivity contribution in [3.63, 3.8) is 0 Å². The van der Waals surface area contributed by atoms with Crippen LogP contribution in [0.2, 0.25) is 0 Å². The summed E-state index contributed by atoms with van der Waals surface area (Å²) in [6.45, 7) is 2.70. The Morgan fingerprint density at radius 1 is 1.58 bits per heavy atom. The molecular weight excluding hydrogens is 168 g/mol. The minimum absolute atomic E-state index is 0.365. The van der Waals surface area contributed by atoms with Gasteiger partial charge in [0.2, 0.25) is 0 Å². The van der Waals surface area contributed by atoms with E-state index in [4.69, 9.17) is 5.11 Å². The number of hydrogen-bond donors (Lipinski definition) is 1. The first kappa shape index (κ1) is 10.4. The van der Waals surface area contributed by atoms with Crippen LogP contribution in [0.4, 0.5) is 0 Å². The molecule has 1 saturated heterocycles. The molecule has 1 aliphatic heterocycles. The van der Waals surface area contributed by atoms with Crippen LogP contribution in [-0.2, 0) is 0 Å². The molecule has 0 spiro atoms. The fraction of sp³-hybridized carbons (Fsp3) is 1.00. The van der Waals surface area contributed by atoms with Gasteiger partial charge in [0.25, 0.3) is 0 Å². The molecule has 2 atom stereocenters. The van der Waals surface area contributed by atoms with Crippen LogP contribution in [0.5, 0.6) is 0 Å². The van der Waals surface area contributed by atoms with Gasteiger partial charge in [0, 0.05) is 6.61 Å². The van der Waals surface area contributed by atoms with E-state index in [0.29, 0.717) is 6.61 Å². The monoisotopic (exact) mass is 188 g/mol. The first-order valence-electron chi connectivity index (χ1n) is 5.03. The molecule has 1 aliphatic rings. The van der Waals surface area contributed by atoms with Crippen molar-refractivity contribution in [3.8, 4) is 0 Å². The van der Waals surface area contributed by atoms with Gasteiger partial charge in [-0.25, -0.2) is 0 Å². The van der Waals surface area contributed by atoms with Crippen LogP contribution in [0, 0.1) is 11.8 Å². The fourth-order valence-electron chi connectivity index (χ4n) is 1.86. The molecule has 0 saturated carbocycles. The lowest BCUT2D eigenvalue weighted by molar-refractivity contribution is 0.254. The van der Waals surface area contributed by atoms with Crippen molar-refractivity contribution in [2.24, 2.45) is 11.8 Å². The van der Waals surface area contributed by atoms with E-state index in [0.717, 1.165) is 18.3 Å². The Morgan fingerprint density at radius 2 is 2.42 bits per heavy atom. The van der Waals surface area contributed by atoms with Crippen molar-refractivity contribution in [2.75, 3.05) is 18.1 Å². The molecular formula is C10H20OS. The van der Waals surface area contributed by atoms with Crippen LogP contribution in [-0.4, -0.2) is 23.2 Å². The maximum absolute atomic E-state index is 8.71. The fourth-order valence-corrected chi connectivity index (χ4v) is 3.20. The lowest BCUT2D eigenvalue weighted by atomic mass is 9.88. The van der Waals surface area contributed by atoms with Crippen LogP contribution in [0.15, 0.2) is 0 Å². The first-order chi connectivity index (χ1) is 5.84. The Labute approximate surface area is 79.9 Å². The number of hydrogen-bond acceptors (Lipinski definition) is 2. The highest BCUT2D eigenvalue weighted by Crippen LogP contribution is 2.30. The molecule has 12 heavy (non-hydrogen) atoms. The predicted octanol–water partition coefficient (Wildman–Crippen LogP) is 2.54. The second-order valence-electron chi connectivity index (χ2n) is 3.82. The lowest BCUT2D eigenvalue weighted by Gasteiger charge is -2.27. The standard InChI is InChI=1S/C10H20OS/c1-9(4-2-6-11)10-5-3-7-12-8-10/h9-11H,2-8H2,1H3. The van der Waals surface area contributed by atoms with Crippen LogP contribution in [0.3, 0.4) is 0 Å². The summed E-state index contributed by atoms with van der Waals surface area (Å²) < 4.78 is 0. The molecule has 0 bridgehead atoms. The maximum atomic E-state index is 8.71. The third-order valence-electron chi connectivity index (χ3n) is 2.82. The van der Waals surface area contributed by atoms with Gasteiger partial charge in [-0.05, 0) is 49.0 Å². The van der Waals surface area contributed by atoms with Gasteiger partial charge in [0.1, 0.15) is 0 Å². The quantitative estimate of drug-likeness (QED) is 0.731. The van der Waals surface area contributed by atoms with Gasteiger partial charge in [-0.2, -0.15) is 11.8 Å². The molecule has 0 aromatic heterocycles. The zero-order valence-electron chi connectivity index (χ0n) is 7.96. The molecule has 1 heterocycles. The molecule has 0 aromatic rings. The van der Waals surface area contributed by atoms with Crippen molar-refractivity contribution in [2.45, 2.75) is 32.6 Å². The van der Waals surface area contributed by atoms with E-state index in [9.17, 15) is 0 Å². The number of rotatable bonds is 4. The molecule has 0 radical (unpaired) electrons. The van der Waals surface area contributed by atoms with Gasteiger partial charge in [-0.1, -0.05) is 6.92 Å². The van der Waals surface area contributed by atoms with E-state index in [1.807, 2.05) is 0 Å². The minimum Gasteiger partial charge on any atom is -0.396 e. The van der Waals surface area contributed by atoms with Gasteiger partial charge in [-0.15, -0.1) is 0 Å². The summed E-state index contributed by atoms with van der Waals surface area (Å²) in [5, 5.41) is 8.71.